The average molecular weight is 469 g/mol. The first-order chi connectivity index (χ1) is 15.7. The van der Waals surface area contributed by atoms with Crippen LogP contribution >= 0.6 is 0 Å². The number of ether oxygens (including phenoxy) is 4. The van der Waals surface area contributed by atoms with E-state index >= 15 is 0 Å². The molecule has 2 saturated heterocycles. The molecule has 3 aliphatic heterocycles. The number of hydrogen-bond acceptors (Lipinski definition) is 8. The highest BCUT2D eigenvalue weighted by molar-refractivity contribution is 5.73. The van der Waals surface area contributed by atoms with Gasteiger partial charge in [-0.05, 0) is 23.8 Å². The second-order valence-electron chi connectivity index (χ2n) is 7.93. The number of carboxylic acid groups (broad SMARTS) is 1. The zero-order valence-electron chi connectivity index (χ0n) is 17.5. The van der Waals surface area contributed by atoms with E-state index in [2.05, 4.69) is 27.0 Å². The van der Waals surface area contributed by atoms with Crippen LogP contribution in [0.4, 0.5) is 13.2 Å². The van der Waals surface area contributed by atoms with Crippen molar-refractivity contribution in [2.45, 2.75) is 37.3 Å². The summed E-state index contributed by atoms with van der Waals surface area (Å²) in [7, 11) is 0. The summed E-state index contributed by atoms with van der Waals surface area (Å²) in [6, 6.07) is 8.38. The molecule has 12 heteroatoms. The average Bonchev–Trinajstić information content (AvgIpc) is 3.21. The first-order valence-electron chi connectivity index (χ1n) is 10.2. The summed E-state index contributed by atoms with van der Waals surface area (Å²) in [4.78, 5) is 19.6. The van der Waals surface area contributed by atoms with Gasteiger partial charge in [-0.3, -0.25) is 4.90 Å². The first kappa shape index (κ1) is 23.1. The van der Waals surface area contributed by atoms with Crippen molar-refractivity contribution >= 4 is 5.97 Å². The number of carboxylic acids is 1. The molecule has 0 amide bonds. The van der Waals surface area contributed by atoms with E-state index in [1.54, 1.807) is 18.5 Å². The molecule has 1 aromatic heterocycles. The van der Waals surface area contributed by atoms with Crippen LogP contribution in [-0.4, -0.2) is 70.3 Å². The van der Waals surface area contributed by atoms with Crippen LogP contribution in [0.1, 0.15) is 18.4 Å². The van der Waals surface area contributed by atoms with Gasteiger partial charge in [-0.25, -0.2) is 14.8 Å². The van der Waals surface area contributed by atoms with Crippen molar-refractivity contribution in [2.75, 3.05) is 26.5 Å². The maximum absolute atomic E-state index is 10.6. The third kappa shape index (κ3) is 5.82. The number of rotatable bonds is 4. The van der Waals surface area contributed by atoms with Gasteiger partial charge in [0.2, 0.25) is 6.79 Å². The molecule has 0 saturated carbocycles. The van der Waals surface area contributed by atoms with Crippen molar-refractivity contribution in [3.63, 3.8) is 0 Å². The molecule has 1 N–H and O–H groups in total. The van der Waals surface area contributed by atoms with Crippen LogP contribution in [0.2, 0.25) is 0 Å². The summed E-state index contributed by atoms with van der Waals surface area (Å²) in [6.45, 7) is 3.74. The minimum atomic E-state index is -5.08. The molecule has 2 fully saturated rings. The lowest BCUT2D eigenvalue weighted by Crippen LogP contribution is -2.65. The number of hydrogen-bond donors (Lipinski definition) is 1. The zero-order valence-corrected chi connectivity index (χ0v) is 17.5. The minimum Gasteiger partial charge on any atom is -0.475 e. The number of nitrogens with zero attached hydrogens (tertiary/aromatic N) is 3. The van der Waals surface area contributed by atoms with Gasteiger partial charge in [0.15, 0.2) is 11.5 Å². The maximum Gasteiger partial charge on any atom is 0.490 e. The van der Waals surface area contributed by atoms with Crippen LogP contribution in [0.25, 0.3) is 0 Å². The van der Waals surface area contributed by atoms with E-state index in [-0.39, 0.29) is 11.7 Å². The molecule has 1 aromatic carbocycles. The fourth-order valence-electron chi connectivity index (χ4n) is 3.98. The predicted molar refractivity (Wildman–Crippen MR) is 106 cm³/mol. The molecule has 2 aromatic rings. The van der Waals surface area contributed by atoms with Crippen molar-refractivity contribution in [1.82, 2.24) is 14.9 Å². The smallest absolute Gasteiger partial charge is 0.475 e. The van der Waals surface area contributed by atoms with Crippen LogP contribution in [-0.2, 0) is 16.1 Å². The van der Waals surface area contributed by atoms with Gasteiger partial charge < -0.3 is 24.1 Å². The van der Waals surface area contributed by atoms with Crippen LogP contribution in [0.3, 0.4) is 0 Å². The zero-order chi connectivity index (χ0) is 23.5. The molecular weight excluding hydrogens is 447 g/mol. The van der Waals surface area contributed by atoms with Gasteiger partial charge in [0.05, 0.1) is 12.2 Å². The molecule has 0 bridgehead atoms. The number of aliphatic carboxylic acids is 1. The van der Waals surface area contributed by atoms with E-state index in [9.17, 15) is 13.2 Å². The molecular formula is C21H22F3N3O6. The quantitative estimate of drug-likeness (QED) is 0.724. The van der Waals surface area contributed by atoms with Gasteiger partial charge in [0.25, 0.3) is 0 Å². The highest BCUT2D eigenvalue weighted by Crippen LogP contribution is 2.37. The highest BCUT2D eigenvalue weighted by Gasteiger charge is 2.48. The van der Waals surface area contributed by atoms with Crippen molar-refractivity contribution in [2.24, 2.45) is 0 Å². The number of likely N-dealkylation sites (tertiary alicyclic amines) is 1. The van der Waals surface area contributed by atoms with Crippen LogP contribution < -0.4 is 14.2 Å². The second-order valence-corrected chi connectivity index (χ2v) is 7.93. The third-order valence-electron chi connectivity index (χ3n) is 5.37. The highest BCUT2D eigenvalue weighted by atomic mass is 19.4. The van der Waals surface area contributed by atoms with Crippen LogP contribution in [0.5, 0.6) is 17.5 Å². The number of fused-ring (bicyclic) bond motifs is 1. The summed E-state index contributed by atoms with van der Waals surface area (Å²) in [5.74, 6) is -1.09. The Labute approximate surface area is 187 Å². The lowest BCUT2D eigenvalue weighted by Gasteiger charge is -2.53. The van der Waals surface area contributed by atoms with E-state index < -0.39 is 12.1 Å². The molecule has 9 nitrogen and oxygen atoms in total. The fraction of sp³-hybridized carbons (Fsp3) is 0.476. The van der Waals surface area contributed by atoms with E-state index in [0.29, 0.717) is 12.8 Å². The van der Waals surface area contributed by atoms with Gasteiger partial charge in [-0.2, -0.15) is 13.2 Å². The van der Waals surface area contributed by atoms with E-state index in [1.165, 1.54) is 5.56 Å². The van der Waals surface area contributed by atoms with Gasteiger partial charge in [0, 0.05) is 44.9 Å². The molecule has 1 spiro atoms. The van der Waals surface area contributed by atoms with Gasteiger partial charge in [-0.15, -0.1) is 0 Å². The van der Waals surface area contributed by atoms with Crippen molar-refractivity contribution in [3.05, 3.63) is 42.2 Å². The van der Waals surface area contributed by atoms with E-state index in [4.69, 9.17) is 28.8 Å². The summed E-state index contributed by atoms with van der Waals surface area (Å²) < 4.78 is 54.6. The number of halogens is 3. The molecule has 3 aliphatic rings. The Kier molecular flexibility index (Phi) is 6.56. The van der Waals surface area contributed by atoms with Gasteiger partial charge in [-0.1, -0.05) is 6.07 Å². The Morgan fingerprint density at radius 2 is 1.91 bits per heavy atom. The summed E-state index contributed by atoms with van der Waals surface area (Å²) in [6.07, 6.45) is 0.186. The first-order valence-corrected chi connectivity index (χ1v) is 10.2. The minimum absolute atomic E-state index is 0.103. The SMILES string of the molecule is O=C(O)C(F)(F)F.c1cnc(OC2CCOC3(C2)CN(Cc2ccc4c(c2)OCO4)C3)nc1. The largest absolute Gasteiger partial charge is 0.490 e. The van der Waals surface area contributed by atoms with Crippen molar-refractivity contribution in [3.8, 4) is 17.5 Å². The molecule has 33 heavy (non-hydrogen) atoms. The van der Waals surface area contributed by atoms with Crippen LogP contribution in [0, 0.1) is 0 Å². The topological polar surface area (TPSA) is 103 Å². The fourth-order valence-corrected chi connectivity index (χ4v) is 3.98. The lowest BCUT2D eigenvalue weighted by atomic mass is 9.84. The third-order valence-corrected chi connectivity index (χ3v) is 5.37. The number of benzene rings is 1. The Morgan fingerprint density at radius 3 is 2.61 bits per heavy atom. The maximum atomic E-state index is 10.6. The van der Waals surface area contributed by atoms with E-state index in [1.807, 2.05) is 6.07 Å². The Hall–Kier alpha value is -3.12. The van der Waals surface area contributed by atoms with Gasteiger partial charge >= 0.3 is 18.2 Å². The summed E-state index contributed by atoms with van der Waals surface area (Å²) in [5.41, 5.74) is 1.12. The molecule has 1 atom stereocenters. The molecule has 0 radical (unpaired) electrons. The number of carbonyl (C=O) groups is 1. The van der Waals surface area contributed by atoms with Crippen molar-refractivity contribution in [1.29, 1.82) is 0 Å². The summed E-state index contributed by atoms with van der Waals surface area (Å²) in [5, 5.41) is 7.12. The lowest BCUT2D eigenvalue weighted by molar-refractivity contribution is -0.192. The Bertz CT molecular complexity index is 969. The molecule has 0 aliphatic carbocycles. The molecule has 5 rings (SSSR count). The van der Waals surface area contributed by atoms with E-state index in [0.717, 1.165) is 50.6 Å². The standard InChI is InChI=1S/C19H21N3O4.C2HF3O2/c1-5-20-18(21-6-1)26-15-4-7-25-19(9-15)11-22(12-19)10-14-2-3-16-17(8-14)24-13-23-16;3-2(4,5)1(6)7/h1-3,5-6,8,15H,4,7,9-13H2;(H,6,7). The van der Waals surface area contributed by atoms with Crippen LogP contribution in [0.15, 0.2) is 36.7 Å². The number of alkyl halides is 3. The summed E-state index contributed by atoms with van der Waals surface area (Å²) >= 11 is 0. The Morgan fingerprint density at radius 1 is 1.21 bits per heavy atom. The second kappa shape index (κ2) is 9.40. The monoisotopic (exact) mass is 469 g/mol. The van der Waals surface area contributed by atoms with Gasteiger partial charge in [0.1, 0.15) is 6.10 Å². The number of aromatic nitrogens is 2. The molecule has 1 unspecified atom stereocenters. The predicted octanol–water partition coefficient (Wildman–Crippen LogP) is 2.65. The molecule has 4 heterocycles. The Balaban J connectivity index is 0.000000325. The van der Waals surface area contributed by atoms with Crippen molar-refractivity contribution < 1.29 is 42.0 Å². The normalized spacial score (nSPS) is 21.0. The molecule has 178 valence electrons.